The highest BCUT2D eigenvalue weighted by atomic mass is 16.5. The minimum atomic E-state index is -0.543. The van der Waals surface area contributed by atoms with Crippen LogP contribution in [0.2, 0.25) is 0 Å². The fraction of sp³-hybridized carbons (Fsp3) is 0.562. The number of carbonyl (C=O) groups excluding carboxylic acids is 1. The van der Waals surface area contributed by atoms with Crippen molar-refractivity contribution in [3.8, 4) is 0 Å². The standard InChI is InChI=1S/C16H23NO3/c1-11-8-12(2)14(13(3)9-11)15(19)17-16(10-18)4-6-20-7-5-16/h8-9,18H,4-7,10H2,1-3H3,(H,17,19). The van der Waals surface area contributed by atoms with E-state index in [9.17, 15) is 9.90 Å². The lowest BCUT2D eigenvalue weighted by molar-refractivity contribution is 0.0125. The summed E-state index contributed by atoms with van der Waals surface area (Å²) in [6.45, 7) is 7.02. The largest absolute Gasteiger partial charge is 0.394 e. The van der Waals surface area contributed by atoms with Crippen LogP contribution >= 0.6 is 0 Å². The van der Waals surface area contributed by atoms with Gasteiger partial charge in [0.05, 0.1) is 12.1 Å². The van der Waals surface area contributed by atoms with Crippen LogP contribution in [-0.4, -0.2) is 36.4 Å². The summed E-state index contributed by atoms with van der Waals surface area (Å²) < 4.78 is 5.31. The Morgan fingerprint density at radius 3 is 2.30 bits per heavy atom. The van der Waals surface area contributed by atoms with E-state index in [4.69, 9.17) is 4.74 Å². The first-order valence-corrected chi connectivity index (χ1v) is 7.06. The van der Waals surface area contributed by atoms with Crippen molar-refractivity contribution in [2.75, 3.05) is 19.8 Å². The molecule has 0 radical (unpaired) electrons. The molecule has 2 rings (SSSR count). The smallest absolute Gasteiger partial charge is 0.252 e. The highest BCUT2D eigenvalue weighted by Crippen LogP contribution is 2.23. The molecule has 20 heavy (non-hydrogen) atoms. The maximum Gasteiger partial charge on any atom is 0.252 e. The number of aryl methyl sites for hydroxylation is 3. The molecule has 0 spiro atoms. The van der Waals surface area contributed by atoms with Crippen LogP contribution in [0.15, 0.2) is 12.1 Å². The lowest BCUT2D eigenvalue weighted by atomic mass is 9.89. The van der Waals surface area contributed by atoms with Crippen LogP contribution in [0, 0.1) is 20.8 Å². The molecule has 0 unspecified atom stereocenters. The zero-order valence-electron chi connectivity index (χ0n) is 12.5. The first kappa shape index (κ1) is 15.0. The van der Waals surface area contributed by atoms with Crippen LogP contribution in [0.1, 0.15) is 39.9 Å². The first-order valence-electron chi connectivity index (χ1n) is 7.06. The van der Waals surface area contributed by atoms with Gasteiger partial charge in [-0.3, -0.25) is 4.79 Å². The van der Waals surface area contributed by atoms with Crippen LogP contribution in [0.3, 0.4) is 0 Å². The third-order valence-corrected chi connectivity index (χ3v) is 4.04. The van der Waals surface area contributed by atoms with E-state index < -0.39 is 5.54 Å². The van der Waals surface area contributed by atoms with Gasteiger partial charge in [-0.1, -0.05) is 17.7 Å². The Labute approximate surface area is 120 Å². The van der Waals surface area contributed by atoms with Gasteiger partial charge in [-0.05, 0) is 44.7 Å². The number of benzene rings is 1. The summed E-state index contributed by atoms with van der Waals surface area (Å²) in [5, 5.41) is 12.7. The summed E-state index contributed by atoms with van der Waals surface area (Å²) in [5.41, 5.74) is 3.27. The van der Waals surface area contributed by atoms with Gasteiger partial charge in [0.2, 0.25) is 0 Å². The summed E-state index contributed by atoms with van der Waals surface area (Å²) in [6, 6.07) is 4.02. The van der Waals surface area contributed by atoms with Crippen molar-refractivity contribution in [1.29, 1.82) is 0 Å². The highest BCUT2D eigenvalue weighted by Gasteiger charge is 2.34. The molecule has 1 heterocycles. The second-order valence-electron chi connectivity index (χ2n) is 5.78. The van der Waals surface area contributed by atoms with E-state index in [0.717, 1.165) is 22.3 Å². The van der Waals surface area contributed by atoms with E-state index >= 15 is 0 Å². The molecule has 0 atom stereocenters. The minimum absolute atomic E-state index is 0.0495. The molecule has 0 saturated carbocycles. The van der Waals surface area contributed by atoms with Gasteiger partial charge in [-0.2, -0.15) is 0 Å². The molecule has 4 nitrogen and oxygen atoms in total. The van der Waals surface area contributed by atoms with Crippen LogP contribution in [-0.2, 0) is 4.74 Å². The van der Waals surface area contributed by atoms with E-state index in [2.05, 4.69) is 5.32 Å². The fourth-order valence-electron chi connectivity index (χ4n) is 2.93. The molecular formula is C16H23NO3. The van der Waals surface area contributed by atoms with Crippen LogP contribution in [0.25, 0.3) is 0 Å². The summed E-state index contributed by atoms with van der Waals surface area (Å²) in [7, 11) is 0. The second-order valence-corrected chi connectivity index (χ2v) is 5.78. The van der Waals surface area contributed by atoms with Crippen LogP contribution in [0.4, 0.5) is 0 Å². The molecule has 1 aliphatic rings. The quantitative estimate of drug-likeness (QED) is 0.887. The molecule has 1 aromatic rings. The third kappa shape index (κ3) is 3.02. The SMILES string of the molecule is Cc1cc(C)c(C(=O)NC2(CO)CCOCC2)c(C)c1. The normalized spacial score (nSPS) is 17.8. The molecule has 1 aromatic carbocycles. The van der Waals surface area contributed by atoms with Gasteiger partial charge in [0.1, 0.15) is 0 Å². The lowest BCUT2D eigenvalue weighted by Crippen LogP contribution is -2.54. The third-order valence-electron chi connectivity index (χ3n) is 4.04. The monoisotopic (exact) mass is 277 g/mol. The van der Waals surface area contributed by atoms with Gasteiger partial charge in [0.25, 0.3) is 5.91 Å². The molecule has 1 amide bonds. The van der Waals surface area contributed by atoms with Crippen LogP contribution < -0.4 is 5.32 Å². The number of hydrogen-bond donors (Lipinski definition) is 2. The average Bonchev–Trinajstić information content (AvgIpc) is 2.38. The number of amides is 1. The molecule has 1 aliphatic heterocycles. The van der Waals surface area contributed by atoms with Crippen molar-refractivity contribution < 1.29 is 14.6 Å². The zero-order chi connectivity index (χ0) is 14.8. The van der Waals surface area contributed by atoms with Crippen molar-refractivity contribution in [3.63, 3.8) is 0 Å². The van der Waals surface area contributed by atoms with Crippen molar-refractivity contribution >= 4 is 5.91 Å². The number of aliphatic hydroxyl groups excluding tert-OH is 1. The van der Waals surface area contributed by atoms with Gasteiger partial charge in [-0.25, -0.2) is 0 Å². The van der Waals surface area contributed by atoms with Gasteiger partial charge in [0.15, 0.2) is 0 Å². The predicted molar refractivity (Wildman–Crippen MR) is 78.0 cm³/mol. The fourth-order valence-corrected chi connectivity index (χ4v) is 2.93. The van der Waals surface area contributed by atoms with E-state index in [0.29, 0.717) is 26.1 Å². The molecule has 110 valence electrons. The average molecular weight is 277 g/mol. The molecule has 4 heteroatoms. The first-order chi connectivity index (χ1) is 9.47. The van der Waals surface area contributed by atoms with Crippen molar-refractivity contribution in [2.24, 2.45) is 0 Å². The maximum absolute atomic E-state index is 12.6. The van der Waals surface area contributed by atoms with E-state index in [1.54, 1.807) is 0 Å². The lowest BCUT2D eigenvalue weighted by Gasteiger charge is -2.36. The highest BCUT2D eigenvalue weighted by molar-refractivity contribution is 5.97. The molecule has 1 saturated heterocycles. The van der Waals surface area contributed by atoms with Crippen molar-refractivity contribution in [3.05, 3.63) is 34.4 Å². The number of aliphatic hydroxyl groups is 1. The summed E-state index contributed by atoms with van der Waals surface area (Å²) in [4.78, 5) is 12.6. The number of nitrogens with one attached hydrogen (secondary N) is 1. The van der Waals surface area contributed by atoms with E-state index in [-0.39, 0.29) is 12.5 Å². The molecular weight excluding hydrogens is 254 g/mol. The van der Waals surface area contributed by atoms with Crippen molar-refractivity contribution in [2.45, 2.75) is 39.2 Å². The number of rotatable bonds is 3. The Hall–Kier alpha value is -1.39. The Morgan fingerprint density at radius 1 is 1.25 bits per heavy atom. The summed E-state index contributed by atoms with van der Waals surface area (Å²) >= 11 is 0. The van der Waals surface area contributed by atoms with E-state index in [1.165, 1.54) is 0 Å². The summed E-state index contributed by atoms with van der Waals surface area (Å²) in [5.74, 6) is -0.101. The second kappa shape index (κ2) is 5.94. The molecule has 0 aromatic heterocycles. The van der Waals surface area contributed by atoms with Gasteiger partial charge < -0.3 is 15.2 Å². The Bertz CT molecular complexity index is 481. The molecule has 1 fully saturated rings. The van der Waals surface area contributed by atoms with Gasteiger partial charge in [0, 0.05) is 18.8 Å². The van der Waals surface area contributed by atoms with Gasteiger partial charge >= 0.3 is 0 Å². The number of hydrogen-bond acceptors (Lipinski definition) is 3. The Balaban J connectivity index is 2.23. The Morgan fingerprint density at radius 2 is 1.80 bits per heavy atom. The number of ether oxygens (including phenoxy) is 1. The topological polar surface area (TPSA) is 58.6 Å². The van der Waals surface area contributed by atoms with Crippen molar-refractivity contribution in [1.82, 2.24) is 5.32 Å². The number of carbonyl (C=O) groups is 1. The van der Waals surface area contributed by atoms with E-state index in [1.807, 2.05) is 32.9 Å². The van der Waals surface area contributed by atoms with Gasteiger partial charge in [-0.15, -0.1) is 0 Å². The minimum Gasteiger partial charge on any atom is -0.394 e. The molecule has 2 N–H and O–H groups in total. The zero-order valence-corrected chi connectivity index (χ0v) is 12.5. The Kier molecular flexibility index (Phi) is 4.45. The molecule has 0 aliphatic carbocycles. The summed E-state index contributed by atoms with van der Waals surface area (Å²) in [6.07, 6.45) is 1.30. The van der Waals surface area contributed by atoms with Crippen LogP contribution in [0.5, 0.6) is 0 Å². The molecule has 0 bridgehead atoms. The maximum atomic E-state index is 12.6. The predicted octanol–water partition coefficient (Wildman–Crippen LogP) is 1.88.